The van der Waals surface area contributed by atoms with Gasteiger partial charge in [0.1, 0.15) is 17.4 Å². The predicted molar refractivity (Wildman–Crippen MR) is 102 cm³/mol. The zero-order valence-electron chi connectivity index (χ0n) is 15.3. The zero-order valence-corrected chi connectivity index (χ0v) is 15.3. The van der Waals surface area contributed by atoms with Crippen molar-refractivity contribution in [2.75, 3.05) is 11.9 Å². The summed E-state index contributed by atoms with van der Waals surface area (Å²) in [7, 11) is 1.64. The first kappa shape index (κ1) is 19.2. The van der Waals surface area contributed by atoms with Crippen molar-refractivity contribution in [3.63, 3.8) is 0 Å². The number of nitrogens with zero attached hydrogens (tertiary/aromatic N) is 1. The van der Waals surface area contributed by atoms with Gasteiger partial charge in [-0.05, 0) is 55.5 Å². The Bertz CT molecular complexity index is 995. The third-order valence-corrected chi connectivity index (χ3v) is 4.14. The van der Waals surface area contributed by atoms with Crippen LogP contribution in [-0.2, 0) is 0 Å². The van der Waals surface area contributed by atoms with Gasteiger partial charge in [-0.2, -0.15) is 0 Å². The van der Waals surface area contributed by atoms with Gasteiger partial charge in [-0.1, -0.05) is 17.7 Å². The number of aryl methyl sites for hydroxylation is 1. The summed E-state index contributed by atoms with van der Waals surface area (Å²) in [6.45, 7) is 1.94. The first-order chi connectivity index (χ1) is 13.3. The summed E-state index contributed by atoms with van der Waals surface area (Å²) in [6, 6.07) is 15.9. The lowest BCUT2D eigenvalue weighted by atomic mass is 10.1. The lowest BCUT2D eigenvalue weighted by molar-refractivity contribution is 0.0733. The molecule has 0 aliphatic rings. The number of rotatable bonds is 4. The van der Waals surface area contributed by atoms with Gasteiger partial charge < -0.3 is 9.64 Å². The lowest BCUT2D eigenvalue weighted by Gasteiger charge is -2.18. The summed E-state index contributed by atoms with van der Waals surface area (Å²) in [5.74, 6) is -2.60. The maximum atomic E-state index is 13.2. The van der Waals surface area contributed by atoms with Gasteiger partial charge in [0.2, 0.25) is 0 Å². The van der Waals surface area contributed by atoms with Crippen LogP contribution in [0, 0.1) is 18.6 Å². The monoisotopic (exact) mass is 381 g/mol. The molecule has 4 nitrogen and oxygen atoms in total. The number of hydrogen-bond acceptors (Lipinski definition) is 3. The highest BCUT2D eigenvalue weighted by Gasteiger charge is 2.15. The highest BCUT2D eigenvalue weighted by Crippen LogP contribution is 2.21. The fraction of sp³-hybridized carbons (Fsp3) is 0.0909. The molecule has 0 heterocycles. The van der Waals surface area contributed by atoms with Crippen LogP contribution in [0.4, 0.5) is 14.5 Å². The maximum Gasteiger partial charge on any atom is 0.343 e. The van der Waals surface area contributed by atoms with Crippen LogP contribution in [0.15, 0.2) is 66.7 Å². The number of benzene rings is 3. The molecular formula is C22H17F2NO3. The van der Waals surface area contributed by atoms with Crippen molar-refractivity contribution in [3.05, 3.63) is 95.1 Å². The van der Waals surface area contributed by atoms with E-state index in [4.69, 9.17) is 4.74 Å². The summed E-state index contributed by atoms with van der Waals surface area (Å²) < 4.78 is 31.6. The molecule has 0 bridgehead atoms. The minimum atomic E-state index is -0.879. The Balaban J connectivity index is 1.71. The molecule has 142 valence electrons. The van der Waals surface area contributed by atoms with Gasteiger partial charge in [0, 0.05) is 24.4 Å². The summed E-state index contributed by atoms with van der Waals surface area (Å²) in [4.78, 5) is 26.0. The van der Waals surface area contributed by atoms with Gasteiger partial charge in [-0.25, -0.2) is 13.6 Å². The van der Waals surface area contributed by atoms with Crippen LogP contribution in [-0.4, -0.2) is 18.9 Å². The molecule has 28 heavy (non-hydrogen) atoms. The largest absolute Gasteiger partial charge is 0.423 e. The standard InChI is InChI=1S/C22H17F2NO3/c1-14-3-5-15(6-4-14)21(26)25(2)19-7-9-20(10-8-19)28-22(27)16-11-17(23)13-18(24)12-16/h3-13H,1-2H3. The number of ether oxygens (including phenoxy) is 1. The van der Waals surface area contributed by atoms with Crippen LogP contribution in [0.1, 0.15) is 26.3 Å². The molecule has 0 aliphatic heterocycles. The highest BCUT2D eigenvalue weighted by molar-refractivity contribution is 6.05. The molecule has 0 unspecified atom stereocenters. The van der Waals surface area contributed by atoms with Crippen LogP contribution in [0.2, 0.25) is 0 Å². The first-order valence-corrected chi connectivity index (χ1v) is 8.46. The second-order valence-electron chi connectivity index (χ2n) is 6.27. The van der Waals surface area contributed by atoms with E-state index in [1.807, 2.05) is 19.1 Å². The van der Waals surface area contributed by atoms with E-state index in [1.165, 1.54) is 17.0 Å². The van der Waals surface area contributed by atoms with Crippen molar-refractivity contribution in [1.29, 1.82) is 0 Å². The minimum absolute atomic E-state index is 0.181. The van der Waals surface area contributed by atoms with E-state index in [-0.39, 0.29) is 17.2 Å². The summed E-state index contributed by atoms with van der Waals surface area (Å²) in [5, 5.41) is 0. The van der Waals surface area contributed by atoms with E-state index < -0.39 is 17.6 Å². The highest BCUT2D eigenvalue weighted by atomic mass is 19.1. The topological polar surface area (TPSA) is 46.6 Å². The van der Waals surface area contributed by atoms with Gasteiger partial charge in [-0.15, -0.1) is 0 Å². The number of hydrogen-bond donors (Lipinski definition) is 0. The van der Waals surface area contributed by atoms with Crippen molar-refractivity contribution < 1.29 is 23.1 Å². The molecule has 0 aromatic heterocycles. The smallest absolute Gasteiger partial charge is 0.343 e. The van der Waals surface area contributed by atoms with Crippen molar-refractivity contribution >= 4 is 17.6 Å². The van der Waals surface area contributed by atoms with Gasteiger partial charge in [0.15, 0.2) is 0 Å². The second kappa shape index (κ2) is 8.00. The van der Waals surface area contributed by atoms with E-state index in [0.29, 0.717) is 17.3 Å². The van der Waals surface area contributed by atoms with E-state index >= 15 is 0 Å². The molecule has 0 saturated heterocycles. The Labute approximate surface area is 161 Å². The average Bonchev–Trinajstić information content (AvgIpc) is 2.67. The number of carbonyl (C=O) groups is 2. The Hall–Kier alpha value is -3.54. The molecule has 6 heteroatoms. The Morgan fingerprint density at radius 2 is 1.39 bits per heavy atom. The number of amides is 1. The number of carbonyl (C=O) groups excluding carboxylic acids is 2. The molecule has 3 aromatic carbocycles. The van der Waals surface area contributed by atoms with Crippen molar-refractivity contribution in [3.8, 4) is 5.75 Å². The number of halogens is 2. The van der Waals surface area contributed by atoms with Crippen LogP contribution in [0.5, 0.6) is 5.75 Å². The molecule has 0 radical (unpaired) electrons. The fourth-order valence-electron chi connectivity index (χ4n) is 2.58. The van der Waals surface area contributed by atoms with Crippen molar-refractivity contribution in [1.82, 2.24) is 0 Å². The normalized spacial score (nSPS) is 10.4. The molecule has 0 N–H and O–H groups in total. The Morgan fingerprint density at radius 3 is 1.96 bits per heavy atom. The molecule has 0 atom stereocenters. The Morgan fingerprint density at radius 1 is 0.821 bits per heavy atom. The van der Waals surface area contributed by atoms with E-state index in [9.17, 15) is 18.4 Å². The van der Waals surface area contributed by atoms with Gasteiger partial charge in [0.05, 0.1) is 5.56 Å². The number of anilines is 1. The van der Waals surface area contributed by atoms with Gasteiger partial charge in [-0.3, -0.25) is 4.79 Å². The van der Waals surface area contributed by atoms with E-state index in [0.717, 1.165) is 17.7 Å². The molecule has 3 aromatic rings. The van der Waals surface area contributed by atoms with Crippen molar-refractivity contribution in [2.24, 2.45) is 0 Å². The van der Waals surface area contributed by atoms with E-state index in [1.54, 1.807) is 31.3 Å². The summed E-state index contributed by atoms with van der Waals surface area (Å²) in [6.07, 6.45) is 0. The second-order valence-corrected chi connectivity index (χ2v) is 6.27. The molecule has 1 amide bonds. The predicted octanol–water partition coefficient (Wildman–Crippen LogP) is 4.77. The van der Waals surface area contributed by atoms with E-state index in [2.05, 4.69) is 0 Å². The summed E-state index contributed by atoms with van der Waals surface area (Å²) in [5.41, 5.74) is 1.98. The lowest BCUT2D eigenvalue weighted by Crippen LogP contribution is -2.26. The average molecular weight is 381 g/mol. The number of esters is 1. The Kier molecular flexibility index (Phi) is 5.49. The third-order valence-electron chi connectivity index (χ3n) is 4.14. The van der Waals surface area contributed by atoms with Crippen LogP contribution in [0.3, 0.4) is 0 Å². The summed E-state index contributed by atoms with van der Waals surface area (Å²) >= 11 is 0. The molecule has 3 rings (SSSR count). The van der Waals surface area contributed by atoms with Crippen LogP contribution < -0.4 is 9.64 Å². The molecular weight excluding hydrogens is 364 g/mol. The van der Waals surface area contributed by atoms with Gasteiger partial charge >= 0.3 is 5.97 Å². The zero-order chi connectivity index (χ0) is 20.3. The van der Waals surface area contributed by atoms with Crippen molar-refractivity contribution in [2.45, 2.75) is 6.92 Å². The first-order valence-electron chi connectivity index (χ1n) is 8.46. The minimum Gasteiger partial charge on any atom is -0.423 e. The molecule has 0 aliphatic carbocycles. The molecule has 0 fully saturated rings. The quantitative estimate of drug-likeness (QED) is 0.483. The van der Waals surface area contributed by atoms with Gasteiger partial charge in [0.25, 0.3) is 5.91 Å². The molecule has 0 spiro atoms. The SMILES string of the molecule is Cc1ccc(C(=O)N(C)c2ccc(OC(=O)c3cc(F)cc(F)c3)cc2)cc1. The molecule has 0 saturated carbocycles. The van der Waals surface area contributed by atoms with Crippen LogP contribution >= 0.6 is 0 Å². The third kappa shape index (κ3) is 4.40. The maximum absolute atomic E-state index is 13.2. The fourth-order valence-corrected chi connectivity index (χ4v) is 2.58. The van der Waals surface area contributed by atoms with Crippen LogP contribution in [0.25, 0.3) is 0 Å².